The Kier molecular flexibility index (Phi) is 5.70. The van der Waals surface area contributed by atoms with E-state index in [-0.39, 0.29) is 12.2 Å². The first-order valence-electron chi connectivity index (χ1n) is 9.82. The normalized spacial score (nSPS) is 11.3. The van der Waals surface area contributed by atoms with E-state index in [1.807, 2.05) is 18.2 Å². The molecule has 0 aliphatic heterocycles. The monoisotopic (exact) mass is 447 g/mol. The molecule has 2 aromatic heterocycles. The van der Waals surface area contributed by atoms with Crippen molar-refractivity contribution in [2.24, 2.45) is 0 Å². The molecule has 7 nitrogen and oxygen atoms in total. The molecule has 0 amide bonds. The van der Waals surface area contributed by atoms with E-state index < -0.39 is 5.60 Å². The Morgan fingerprint density at radius 2 is 1.91 bits per heavy atom. The zero-order valence-electron chi connectivity index (χ0n) is 17.8. The van der Waals surface area contributed by atoms with Crippen molar-refractivity contribution in [1.82, 2.24) is 9.55 Å². The maximum atomic E-state index is 13.2. The predicted molar refractivity (Wildman–Crippen MR) is 125 cm³/mol. The van der Waals surface area contributed by atoms with Gasteiger partial charge < -0.3 is 14.6 Å². The number of aromatic nitrogens is 2. The highest BCUT2D eigenvalue weighted by molar-refractivity contribution is 7.22. The fraction of sp³-hybridized carbons (Fsp3) is 0.208. The molecule has 2 heterocycles. The third-order valence-electron chi connectivity index (χ3n) is 4.73. The van der Waals surface area contributed by atoms with Crippen LogP contribution >= 0.6 is 11.3 Å². The lowest BCUT2D eigenvalue weighted by molar-refractivity contribution is 0.0276. The minimum absolute atomic E-state index is 0.102. The second kappa shape index (κ2) is 8.46. The van der Waals surface area contributed by atoms with Crippen LogP contribution < -0.4 is 15.0 Å². The molecule has 1 N–H and O–H groups in total. The third kappa shape index (κ3) is 4.35. The number of aliphatic hydroxyl groups is 1. The molecule has 0 radical (unpaired) electrons. The smallest absolute Gasteiger partial charge is 0.275 e. The Bertz CT molecular complexity index is 1380. The zero-order chi connectivity index (χ0) is 22.9. The topological polar surface area (TPSA) is 77.9 Å². The van der Waals surface area contributed by atoms with Gasteiger partial charge in [-0.25, -0.2) is 9.83 Å². The molecule has 0 aliphatic carbocycles. The summed E-state index contributed by atoms with van der Waals surface area (Å²) in [5.74, 6) is 0.923. The van der Waals surface area contributed by atoms with Crippen molar-refractivity contribution in [2.45, 2.75) is 19.4 Å². The molecule has 0 fully saturated rings. The summed E-state index contributed by atoms with van der Waals surface area (Å²) in [6, 6.07) is 14.3. The van der Waals surface area contributed by atoms with Crippen molar-refractivity contribution < 1.29 is 14.6 Å². The molecule has 0 bridgehead atoms. The molecule has 4 aromatic rings. The van der Waals surface area contributed by atoms with Crippen LogP contribution in [0.15, 0.2) is 59.7 Å². The molecular weight excluding hydrogens is 426 g/mol. The van der Waals surface area contributed by atoms with Crippen LogP contribution in [0.1, 0.15) is 13.8 Å². The van der Waals surface area contributed by atoms with Crippen LogP contribution in [0.25, 0.3) is 31.2 Å². The lowest BCUT2D eigenvalue weighted by atomic mass is 10.2. The quantitative estimate of drug-likeness (QED) is 0.429. The second-order valence-electron chi connectivity index (χ2n) is 7.84. The van der Waals surface area contributed by atoms with Gasteiger partial charge >= 0.3 is 0 Å². The van der Waals surface area contributed by atoms with E-state index in [1.54, 1.807) is 44.2 Å². The molecule has 32 heavy (non-hydrogen) atoms. The number of thiophene rings is 1. The van der Waals surface area contributed by atoms with Crippen LogP contribution in [-0.4, -0.2) is 34.0 Å². The number of nitrogens with zero attached hydrogens (tertiary/aromatic N) is 3. The van der Waals surface area contributed by atoms with Crippen molar-refractivity contribution in [1.29, 1.82) is 0 Å². The van der Waals surface area contributed by atoms with Crippen LogP contribution in [0.4, 0.5) is 5.69 Å². The minimum atomic E-state index is -0.983. The van der Waals surface area contributed by atoms with Crippen molar-refractivity contribution in [2.75, 3.05) is 13.7 Å². The lowest BCUT2D eigenvalue weighted by Crippen LogP contribution is -2.28. The van der Waals surface area contributed by atoms with Crippen LogP contribution in [0.3, 0.4) is 0 Å². The highest BCUT2D eigenvalue weighted by Crippen LogP contribution is 2.33. The molecule has 162 valence electrons. The molecule has 8 heteroatoms. The summed E-state index contributed by atoms with van der Waals surface area (Å²) in [6.45, 7) is 10.5. The van der Waals surface area contributed by atoms with Gasteiger partial charge in [-0.05, 0) is 37.6 Å². The molecule has 0 saturated carbocycles. The molecule has 0 saturated heterocycles. The second-order valence-corrected chi connectivity index (χ2v) is 8.89. The summed E-state index contributed by atoms with van der Waals surface area (Å²) < 4.78 is 13.1. The lowest BCUT2D eigenvalue weighted by Gasteiger charge is -2.19. The number of methoxy groups -OCH3 is 1. The number of rotatable bonds is 6. The average Bonchev–Trinajstić information content (AvgIpc) is 3.23. The fourth-order valence-corrected chi connectivity index (χ4v) is 4.16. The summed E-state index contributed by atoms with van der Waals surface area (Å²) in [4.78, 5) is 22.0. The Hall–Kier alpha value is -3.67. The Balaban J connectivity index is 1.71. The Morgan fingerprint density at radius 3 is 2.56 bits per heavy atom. The number of hydrogen-bond acceptors (Lipinski definition) is 6. The fourth-order valence-electron chi connectivity index (χ4n) is 3.12. The van der Waals surface area contributed by atoms with E-state index in [1.165, 1.54) is 29.3 Å². The number of fused-ring (bicyclic) bond motifs is 1. The number of ether oxygens (including phenoxy) is 2. The standard InChI is InChI=1S/C24H21N3O4S/c1-24(2,29)13-31-19-10-9-17(11-20(19)30-4)27-14-26-18-12-21(32-22(18)23(27)28)15-5-7-16(25-3)8-6-15/h5-12,14,29H,13H2,1-2,4H3. The Labute approximate surface area is 188 Å². The van der Waals surface area contributed by atoms with Gasteiger partial charge in [-0.1, -0.05) is 24.3 Å². The summed E-state index contributed by atoms with van der Waals surface area (Å²) >= 11 is 1.37. The van der Waals surface area contributed by atoms with Crippen LogP contribution in [0.2, 0.25) is 0 Å². The van der Waals surface area contributed by atoms with Gasteiger partial charge in [-0.15, -0.1) is 11.3 Å². The SMILES string of the molecule is [C-]#[N+]c1ccc(-c2cc3ncn(-c4ccc(OCC(C)(C)O)c(OC)c4)c(=O)c3s2)cc1. The molecular formula is C24H21N3O4S. The number of benzene rings is 2. The third-order valence-corrected chi connectivity index (χ3v) is 5.89. The zero-order valence-corrected chi connectivity index (χ0v) is 18.6. The van der Waals surface area contributed by atoms with Crippen molar-refractivity contribution in [3.05, 3.63) is 76.6 Å². The highest BCUT2D eigenvalue weighted by atomic mass is 32.1. The molecule has 4 rings (SSSR count). The van der Waals surface area contributed by atoms with Crippen molar-refractivity contribution >= 4 is 27.2 Å². The molecule has 0 aliphatic rings. The maximum absolute atomic E-state index is 13.2. The van der Waals surface area contributed by atoms with Crippen molar-refractivity contribution in [3.63, 3.8) is 0 Å². The van der Waals surface area contributed by atoms with E-state index in [0.717, 1.165) is 10.4 Å². The van der Waals surface area contributed by atoms with Crippen LogP contribution in [-0.2, 0) is 0 Å². The summed E-state index contributed by atoms with van der Waals surface area (Å²) in [5, 5.41) is 9.89. The van der Waals surface area contributed by atoms with Gasteiger partial charge in [0.1, 0.15) is 17.6 Å². The summed E-state index contributed by atoms with van der Waals surface area (Å²) in [5.41, 5.74) is 1.55. The average molecular weight is 448 g/mol. The van der Waals surface area contributed by atoms with Gasteiger partial charge in [-0.3, -0.25) is 9.36 Å². The Morgan fingerprint density at radius 1 is 1.16 bits per heavy atom. The van der Waals surface area contributed by atoms with E-state index in [4.69, 9.17) is 16.0 Å². The largest absolute Gasteiger partial charge is 0.493 e. The van der Waals surface area contributed by atoms with Gasteiger partial charge in [0.25, 0.3) is 5.56 Å². The van der Waals surface area contributed by atoms with Crippen LogP contribution in [0, 0.1) is 6.57 Å². The van der Waals surface area contributed by atoms with E-state index >= 15 is 0 Å². The van der Waals surface area contributed by atoms with E-state index in [0.29, 0.717) is 33.1 Å². The number of hydrogen-bond donors (Lipinski definition) is 1. The van der Waals surface area contributed by atoms with Gasteiger partial charge in [0, 0.05) is 10.9 Å². The first kappa shape index (κ1) is 21.6. The van der Waals surface area contributed by atoms with Crippen LogP contribution in [0.5, 0.6) is 11.5 Å². The molecule has 0 unspecified atom stereocenters. The van der Waals surface area contributed by atoms with E-state index in [2.05, 4.69) is 9.83 Å². The molecule has 2 aromatic carbocycles. The van der Waals surface area contributed by atoms with E-state index in [9.17, 15) is 9.90 Å². The van der Waals surface area contributed by atoms with Gasteiger partial charge in [0.2, 0.25) is 0 Å². The van der Waals surface area contributed by atoms with Crippen molar-refractivity contribution in [3.8, 4) is 27.6 Å². The summed E-state index contributed by atoms with van der Waals surface area (Å²) in [6.07, 6.45) is 1.50. The first-order valence-corrected chi connectivity index (χ1v) is 10.6. The highest BCUT2D eigenvalue weighted by Gasteiger charge is 2.17. The molecule has 0 spiro atoms. The van der Waals surface area contributed by atoms with Gasteiger partial charge in [0.05, 0.1) is 30.5 Å². The summed E-state index contributed by atoms with van der Waals surface area (Å²) in [7, 11) is 1.52. The van der Waals surface area contributed by atoms with Gasteiger partial charge in [0.15, 0.2) is 17.2 Å². The minimum Gasteiger partial charge on any atom is -0.493 e. The first-order chi connectivity index (χ1) is 15.3. The molecule has 0 atom stereocenters. The van der Waals surface area contributed by atoms with Gasteiger partial charge in [-0.2, -0.15) is 0 Å². The predicted octanol–water partition coefficient (Wildman–Crippen LogP) is 4.82. The maximum Gasteiger partial charge on any atom is 0.275 e.